The number of pyridine rings is 1. The van der Waals surface area contributed by atoms with Crippen molar-refractivity contribution in [2.75, 3.05) is 0 Å². The van der Waals surface area contributed by atoms with Crippen LogP contribution in [0.25, 0.3) is 22.2 Å². The van der Waals surface area contributed by atoms with Crippen molar-refractivity contribution in [1.82, 2.24) is 4.98 Å². The van der Waals surface area contributed by atoms with Crippen LogP contribution in [0.15, 0.2) is 40.9 Å². The van der Waals surface area contributed by atoms with E-state index in [0.717, 1.165) is 6.07 Å². The molecule has 2 heterocycles. The monoisotopic (exact) mass is 291 g/mol. The van der Waals surface area contributed by atoms with Gasteiger partial charge in [-0.3, -0.25) is 4.98 Å². The largest absolute Gasteiger partial charge is 0.459 e. The third-order valence-corrected chi connectivity index (χ3v) is 3.09. The molecule has 1 radical (unpaired) electrons. The molecule has 0 aliphatic rings. The summed E-state index contributed by atoms with van der Waals surface area (Å²) in [5, 5.41) is 0.356. The van der Waals surface area contributed by atoms with E-state index in [2.05, 4.69) is 11.1 Å². The first-order valence-corrected chi connectivity index (χ1v) is 6.15. The average Bonchev–Trinajstić information content (AvgIpc) is 2.89. The predicted molar refractivity (Wildman–Crippen MR) is 71.2 cm³/mol. The zero-order chi connectivity index (χ0) is 15.0. The maximum atomic E-state index is 13.2. The minimum Gasteiger partial charge on any atom is -0.459 e. The number of hydrogen-bond acceptors (Lipinski definition) is 3. The van der Waals surface area contributed by atoms with Gasteiger partial charge in [-0.05, 0) is 24.3 Å². The van der Waals surface area contributed by atoms with Crippen LogP contribution in [0.1, 0.15) is 11.3 Å². The summed E-state index contributed by atoms with van der Waals surface area (Å²) >= 11 is 0. The predicted octanol–water partition coefficient (Wildman–Crippen LogP) is 3.77. The smallest absolute Gasteiger partial charge is 0.420 e. The number of alkyl halides is 3. The number of aromatic nitrogens is 1. The molecule has 3 aromatic rings. The molecule has 0 atom stereocenters. The lowest BCUT2D eigenvalue weighted by molar-refractivity contribution is -0.136. The van der Waals surface area contributed by atoms with Gasteiger partial charge in [0.2, 0.25) is 0 Å². The highest BCUT2D eigenvalue weighted by molar-refractivity contribution is 5.87. The Balaban J connectivity index is 2.29. The minimum absolute atomic E-state index is 0.0415. The molecule has 6 heteroatoms. The van der Waals surface area contributed by atoms with Gasteiger partial charge >= 0.3 is 6.18 Å². The van der Waals surface area contributed by atoms with Crippen molar-refractivity contribution < 1.29 is 17.6 Å². The number of halogens is 3. The Labute approximate surface area is 118 Å². The summed E-state index contributed by atoms with van der Waals surface area (Å²) in [7, 11) is 0. The van der Waals surface area contributed by atoms with Crippen molar-refractivity contribution in [3.05, 3.63) is 53.9 Å². The Kier molecular flexibility index (Phi) is 3.17. The summed E-state index contributed by atoms with van der Waals surface area (Å²) in [5.41, 5.74) is 5.21. The highest BCUT2D eigenvalue weighted by Crippen LogP contribution is 2.38. The number of nitrogens with two attached hydrogens (primary N) is 1. The molecular formula is C15H10F3N2O. The Morgan fingerprint density at radius 2 is 2.05 bits per heavy atom. The van der Waals surface area contributed by atoms with E-state index in [1.807, 2.05) is 0 Å². The summed E-state index contributed by atoms with van der Waals surface area (Å²) in [6, 6.07) is 10.1. The van der Waals surface area contributed by atoms with E-state index in [9.17, 15) is 13.2 Å². The van der Waals surface area contributed by atoms with Crippen LogP contribution in [-0.4, -0.2) is 4.98 Å². The molecular weight excluding hydrogens is 281 g/mol. The van der Waals surface area contributed by atoms with Crippen LogP contribution < -0.4 is 5.73 Å². The van der Waals surface area contributed by atoms with Crippen molar-refractivity contribution in [2.45, 2.75) is 12.7 Å². The summed E-state index contributed by atoms with van der Waals surface area (Å²) in [6.45, 7) is 0.0415. The van der Waals surface area contributed by atoms with Crippen molar-refractivity contribution >= 4 is 11.0 Å². The van der Waals surface area contributed by atoms with Gasteiger partial charge in [0.1, 0.15) is 11.3 Å². The van der Waals surface area contributed by atoms with Gasteiger partial charge in [0.15, 0.2) is 0 Å². The summed E-state index contributed by atoms with van der Waals surface area (Å²) in [5.74, 6) is 0.307. The molecule has 0 saturated heterocycles. The van der Waals surface area contributed by atoms with Crippen molar-refractivity contribution in [3.63, 3.8) is 0 Å². The lowest BCUT2D eigenvalue weighted by atomic mass is 10.0. The molecule has 21 heavy (non-hydrogen) atoms. The lowest BCUT2D eigenvalue weighted by Crippen LogP contribution is -2.05. The summed E-state index contributed by atoms with van der Waals surface area (Å²) < 4.78 is 44.8. The number of fused-ring (bicyclic) bond motifs is 1. The van der Waals surface area contributed by atoms with Gasteiger partial charge in [0, 0.05) is 23.2 Å². The summed E-state index contributed by atoms with van der Waals surface area (Å²) in [4.78, 5) is 4.03. The fourth-order valence-electron chi connectivity index (χ4n) is 2.16. The first-order valence-electron chi connectivity index (χ1n) is 6.15. The number of hydrogen-bond donors (Lipinski definition) is 1. The van der Waals surface area contributed by atoms with Crippen LogP contribution in [0.3, 0.4) is 0 Å². The van der Waals surface area contributed by atoms with E-state index in [0.29, 0.717) is 22.4 Å². The fraction of sp³-hybridized carbons (Fsp3) is 0.133. The molecule has 1 aromatic carbocycles. The van der Waals surface area contributed by atoms with E-state index < -0.39 is 11.7 Å². The third-order valence-electron chi connectivity index (χ3n) is 3.09. The molecule has 0 saturated carbocycles. The second kappa shape index (κ2) is 4.89. The van der Waals surface area contributed by atoms with Gasteiger partial charge in [-0.1, -0.05) is 6.07 Å². The maximum Gasteiger partial charge on any atom is 0.420 e. The Hall–Kier alpha value is -2.34. The molecule has 0 bridgehead atoms. The summed E-state index contributed by atoms with van der Waals surface area (Å²) in [6.07, 6.45) is -3.10. The lowest BCUT2D eigenvalue weighted by Gasteiger charge is -2.09. The molecule has 0 spiro atoms. The molecule has 3 rings (SSSR count). The Morgan fingerprint density at radius 1 is 1.24 bits per heavy atom. The molecule has 107 valence electrons. The normalized spacial score (nSPS) is 12.0. The molecule has 3 nitrogen and oxygen atoms in total. The SMILES string of the molecule is NCc1cc2cc(-c3cc[c]cn3)cc(C(F)(F)F)c2o1. The molecule has 0 aliphatic carbocycles. The Bertz CT molecular complexity index is 779. The molecule has 2 aromatic heterocycles. The molecule has 2 N–H and O–H groups in total. The number of rotatable bonds is 2. The van der Waals surface area contributed by atoms with Crippen LogP contribution in [0.5, 0.6) is 0 Å². The van der Waals surface area contributed by atoms with E-state index in [1.54, 1.807) is 18.2 Å². The zero-order valence-corrected chi connectivity index (χ0v) is 10.7. The van der Waals surface area contributed by atoms with Crippen LogP contribution in [0.4, 0.5) is 13.2 Å². The second-order valence-electron chi connectivity index (χ2n) is 4.50. The number of benzene rings is 1. The topological polar surface area (TPSA) is 52.0 Å². The van der Waals surface area contributed by atoms with Crippen molar-refractivity contribution in [2.24, 2.45) is 5.73 Å². The van der Waals surface area contributed by atoms with Crippen LogP contribution in [0, 0.1) is 6.07 Å². The average molecular weight is 291 g/mol. The first-order chi connectivity index (χ1) is 9.99. The van der Waals surface area contributed by atoms with Crippen LogP contribution in [-0.2, 0) is 12.7 Å². The van der Waals surface area contributed by atoms with Gasteiger partial charge in [0.25, 0.3) is 0 Å². The van der Waals surface area contributed by atoms with Gasteiger partial charge in [-0.2, -0.15) is 13.2 Å². The molecule has 0 aliphatic heterocycles. The van der Waals surface area contributed by atoms with Gasteiger partial charge < -0.3 is 10.2 Å². The number of furan rings is 1. The zero-order valence-electron chi connectivity index (χ0n) is 10.7. The van der Waals surface area contributed by atoms with Crippen molar-refractivity contribution in [1.29, 1.82) is 0 Å². The third kappa shape index (κ3) is 2.50. The molecule has 0 unspecified atom stereocenters. The van der Waals surface area contributed by atoms with Crippen molar-refractivity contribution in [3.8, 4) is 11.3 Å². The second-order valence-corrected chi connectivity index (χ2v) is 4.50. The van der Waals surface area contributed by atoms with Crippen LogP contribution in [0.2, 0.25) is 0 Å². The highest BCUT2D eigenvalue weighted by atomic mass is 19.4. The van der Waals surface area contributed by atoms with Crippen LogP contribution >= 0.6 is 0 Å². The van der Waals surface area contributed by atoms with E-state index in [4.69, 9.17) is 10.2 Å². The van der Waals surface area contributed by atoms with Gasteiger partial charge in [-0.25, -0.2) is 0 Å². The fourth-order valence-corrected chi connectivity index (χ4v) is 2.16. The minimum atomic E-state index is -4.51. The highest BCUT2D eigenvalue weighted by Gasteiger charge is 2.35. The van der Waals surface area contributed by atoms with Gasteiger partial charge in [0.05, 0.1) is 17.8 Å². The quantitative estimate of drug-likeness (QED) is 0.782. The Morgan fingerprint density at radius 3 is 2.67 bits per heavy atom. The van der Waals surface area contributed by atoms with E-state index >= 15 is 0 Å². The number of nitrogens with zero attached hydrogens (tertiary/aromatic N) is 1. The molecule has 0 amide bonds. The standard InChI is InChI=1S/C15H10F3N2O/c16-15(17,18)12-7-9(13-3-1-2-4-20-13)5-10-6-11(8-19)21-14(10)12/h1,3-7H,8,19H2. The van der Waals surface area contributed by atoms with Gasteiger partial charge in [-0.15, -0.1) is 0 Å². The van der Waals surface area contributed by atoms with E-state index in [1.165, 1.54) is 12.3 Å². The maximum absolute atomic E-state index is 13.2. The first kappa shape index (κ1) is 13.6. The van der Waals surface area contributed by atoms with E-state index in [-0.39, 0.29) is 12.1 Å². The molecule has 0 fully saturated rings.